The Kier molecular flexibility index (Phi) is 10.1. The van der Waals surface area contributed by atoms with Gasteiger partial charge in [0.15, 0.2) is 0 Å². The van der Waals surface area contributed by atoms with Gasteiger partial charge in [-0.1, -0.05) is 176 Å². The minimum atomic E-state index is -0.383. The number of hydrogen-bond acceptors (Lipinski definition) is 4. The first kappa shape index (κ1) is 46.7. The molecule has 5 aliphatic rings. The highest BCUT2D eigenvalue weighted by Crippen LogP contribution is 2.62. The van der Waals surface area contributed by atoms with Crippen LogP contribution < -0.4 is 30.4 Å². The van der Waals surface area contributed by atoms with E-state index in [2.05, 4.69) is 256 Å². The van der Waals surface area contributed by atoms with Gasteiger partial charge in [0.05, 0.1) is 17.1 Å². The highest BCUT2D eigenvalue weighted by Gasteiger charge is 2.52. The molecule has 4 heterocycles. The van der Waals surface area contributed by atoms with Crippen molar-refractivity contribution >= 4 is 95.0 Å². The predicted molar refractivity (Wildman–Crippen MR) is 316 cm³/mol. The van der Waals surface area contributed by atoms with Gasteiger partial charge in [-0.05, 0) is 157 Å². The molecule has 0 bridgehead atoms. The van der Waals surface area contributed by atoms with Gasteiger partial charge in [-0.2, -0.15) is 0 Å². The first-order valence-electron chi connectivity index (χ1n) is 27.4. The molecule has 8 aromatic rings. The highest BCUT2D eigenvalue weighted by atomic mass is 32.1. The molecule has 0 spiro atoms. The lowest BCUT2D eigenvalue weighted by atomic mass is 9.35. The van der Waals surface area contributed by atoms with Gasteiger partial charge >= 0.3 is 0 Å². The quantitative estimate of drug-likeness (QED) is 0.163. The van der Waals surface area contributed by atoms with Crippen molar-refractivity contribution in [1.82, 2.24) is 0 Å². The third-order valence-electron chi connectivity index (χ3n) is 18.3. The number of para-hydroxylation sites is 2. The molecule has 2 aliphatic carbocycles. The van der Waals surface area contributed by atoms with Gasteiger partial charge in [0, 0.05) is 60.0 Å². The van der Waals surface area contributed by atoms with Crippen LogP contribution in [0.4, 0.5) is 51.2 Å². The summed E-state index contributed by atoms with van der Waals surface area (Å²) in [5.74, 6) is 1.29. The Morgan fingerprint density at radius 1 is 0.507 bits per heavy atom. The largest absolute Gasteiger partial charge is 0.311 e. The Morgan fingerprint density at radius 2 is 1.08 bits per heavy atom. The van der Waals surface area contributed by atoms with Gasteiger partial charge in [-0.25, -0.2) is 0 Å². The smallest absolute Gasteiger partial charge is 0.264 e. The van der Waals surface area contributed by atoms with E-state index in [0.29, 0.717) is 11.8 Å². The van der Waals surface area contributed by atoms with Crippen molar-refractivity contribution in [1.29, 1.82) is 0 Å². The number of anilines is 9. The van der Waals surface area contributed by atoms with Crippen LogP contribution >= 0.6 is 11.3 Å². The van der Waals surface area contributed by atoms with Crippen LogP contribution in [0.25, 0.3) is 10.1 Å². The van der Waals surface area contributed by atoms with Crippen LogP contribution in [0.1, 0.15) is 161 Å². The van der Waals surface area contributed by atoms with Crippen molar-refractivity contribution in [3.05, 3.63) is 178 Å². The summed E-state index contributed by atoms with van der Waals surface area (Å²) in [5.41, 5.74) is 23.8. The Hall–Kier alpha value is -6.04. The summed E-state index contributed by atoms with van der Waals surface area (Å²) in [5, 5.41) is 1.41. The maximum absolute atomic E-state index is 2.79. The van der Waals surface area contributed by atoms with Crippen LogP contribution in [0.2, 0.25) is 0 Å². The SMILES string of the molecule is CC(C)(C)c1ccc(N2c3ccc(C(C)(C)C)cc3B3c4sc5cc6c(cc5c4N(c4ccc(C(C)(C)C)cc4)c4c3c2cc2c4C(C)(C)c3ccccc3N2c2ccccc2)C2CCCCC2C6(C)C)cc1. The second kappa shape index (κ2) is 15.7. The molecule has 1 saturated carbocycles. The van der Waals surface area contributed by atoms with Crippen LogP contribution in [0.5, 0.6) is 0 Å². The fourth-order valence-corrected chi connectivity index (χ4v) is 15.7. The monoisotopic (exact) mass is 974 g/mol. The third-order valence-corrected chi connectivity index (χ3v) is 19.5. The van der Waals surface area contributed by atoms with Crippen molar-refractivity contribution < 1.29 is 0 Å². The van der Waals surface area contributed by atoms with E-state index >= 15 is 0 Å². The lowest BCUT2D eigenvalue weighted by Crippen LogP contribution is -2.61. The van der Waals surface area contributed by atoms with Crippen LogP contribution in [0.3, 0.4) is 0 Å². The van der Waals surface area contributed by atoms with E-state index in [4.69, 9.17) is 0 Å². The zero-order valence-electron chi connectivity index (χ0n) is 45.6. The predicted octanol–water partition coefficient (Wildman–Crippen LogP) is 17.6. The van der Waals surface area contributed by atoms with Crippen molar-refractivity contribution in [2.75, 3.05) is 14.7 Å². The number of rotatable bonds is 3. The molecule has 1 fully saturated rings. The molecular formula is C68H72BN3S. The van der Waals surface area contributed by atoms with Gasteiger partial charge in [0.1, 0.15) is 0 Å². The second-order valence-electron chi connectivity index (χ2n) is 26.6. The summed E-state index contributed by atoms with van der Waals surface area (Å²) < 4.78 is 2.87. The van der Waals surface area contributed by atoms with Gasteiger partial charge in [0.25, 0.3) is 6.71 Å². The molecule has 368 valence electrons. The zero-order valence-corrected chi connectivity index (χ0v) is 46.4. The fourth-order valence-electron chi connectivity index (χ4n) is 14.4. The van der Waals surface area contributed by atoms with Crippen LogP contribution in [0, 0.1) is 5.92 Å². The average Bonchev–Trinajstić information content (AvgIpc) is 3.83. The van der Waals surface area contributed by atoms with E-state index in [0.717, 1.165) is 0 Å². The molecule has 0 N–H and O–H groups in total. The van der Waals surface area contributed by atoms with Crippen molar-refractivity contribution in [2.45, 2.75) is 149 Å². The van der Waals surface area contributed by atoms with Gasteiger partial charge in [-0.15, -0.1) is 11.3 Å². The Morgan fingerprint density at radius 3 is 1.74 bits per heavy atom. The van der Waals surface area contributed by atoms with E-state index in [1.807, 2.05) is 0 Å². The summed E-state index contributed by atoms with van der Waals surface area (Å²) in [6.07, 6.45) is 5.28. The third kappa shape index (κ3) is 6.82. The molecule has 0 amide bonds. The molecule has 0 radical (unpaired) electrons. The van der Waals surface area contributed by atoms with E-state index in [9.17, 15) is 0 Å². The Labute approximate surface area is 440 Å². The Balaban J connectivity index is 1.21. The van der Waals surface area contributed by atoms with E-state index < -0.39 is 0 Å². The summed E-state index contributed by atoms with van der Waals surface area (Å²) in [6.45, 7) is 31.3. The molecule has 1 aromatic heterocycles. The van der Waals surface area contributed by atoms with Gasteiger partial charge in [0.2, 0.25) is 0 Å². The molecular weight excluding hydrogens is 902 g/mol. The Bertz CT molecular complexity index is 3540. The van der Waals surface area contributed by atoms with Crippen molar-refractivity contribution in [3.63, 3.8) is 0 Å². The lowest BCUT2D eigenvalue weighted by molar-refractivity contribution is 0.233. The van der Waals surface area contributed by atoms with Crippen molar-refractivity contribution in [3.8, 4) is 0 Å². The topological polar surface area (TPSA) is 9.72 Å². The number of nitrogens with zero attached hydrogens (tertiary/aromatic N) is 3. The molecule has 13 rings (SSSR count). The molecule has 0 saturated heterocycles. The minimum Gasteiger partial charge on any atom is -0.311 e. The summed E-state index contributed by atoms with van der Waals surface area (Å²) in [4.78, 5) is 8.01. The number of fused-ring (bicyclic) bond motifs is 12. The lowest BCUT2D eigenvalue weighted by Gasteiger charge is -2.50. The molecule has 3 nitrogen and oxygen atoms in total. The number of thiophene rings is 1. The minimum absolute atomic E-state index is 0.00128. The molecule has 73 heavy (non-hydrogen) atoms. The molecule has 2 unspecified atom stereocenters. The van der Waals surface area contributed by atoms with Gasteiger partial charge < -0.3 is 14.7 Å². The van der Waals surface area contributed by atoms with Crippen LogP contribution in [-0.2, 0) is 27.1 Å². The maximum Gasteiger partial charge on any atom is 0.264 e. The molecule has 2 atom stereocenters. The van der Waals surface area contributed by atoms with E-state index in [1.54, 1.807) is 11.1 Å². The first-order valence-corrected chi connectivity index (χ1v) is 28.2. The summed E-state index contributed by atoms with van der Waals surface area (Å²) in [7, 11) is 0. The highest BCUT2D eigenvalue weighted by molar-refractivity contribution is 7.33. The van der Waals surface area contributed by atoms with Crippen molar-refractivity contribution in [2.24, 2.45) is 5.92 Å². The molecule has 5 heteroatoms. The molecule has 3 aliphatic heterocycles. The normalized spacial score (nSPS) is 19.2. The first-order chi connectivity index (χ1) is 34.6. The van der Waals surface area contributed by atoms with E-state index in [1.165, 1.54) is 130 Å². The maximum atomic E-state index is 2.79. The van der Waals surface area contributed by atoms with Crippen LogP contribution in [-0.4, -0.2) is 6.71 Å². The zero-order chi connectivity index (χ0) is 50.9. The average molecular weight is 974 g/mol. The summed E-state index contributed by atoms with van der Waals surface area (Å²) >= 11 is 2.08. The summed E-state index contributed by atoms with van der Waals surface area (Å²) in [6, 6.07) is 55.1. The number of benzene rings is 7. The second-order valence-corrected chi connectivity index (χ2v) is 27.6. The van der Waals surface area contributed by atoms with E-state index in [-0.39, 0.29) is 33.8 Å². The van der Waals surface area contributed by atoms with Crippen LogP contribution in [0.15, 0.2) is 140 Å². The molecule has 7 aromatic carbocycles. The standard InChI is InChI=1S/C68H72BN3S/c1-64(2,3)41-27-32-45(33-28-41)71-55-36-31-43(66(7,8)9)37-53(55)69-60-57(71)40-56-59(68(12,13)51-25-19-20-26-54(51)70(56)44-21-15-14-16-22-44)62(60)72(46-34-29-42(30-35-46)65(4,5)6)61-49-38-48-47-23-17-18-24-50(47)67(10,11)52(48)39-58(49)73-63(61)69/h14-16,19-22,25-40,47,50H,17-18,23-24H2,1-13H3. The number of hydrogen-bond donors (Lipinski definition) is 0. The fraction of sp³-hybridized carbons (Fsp3) is 0.353. The van der Waals surface area contributed by atoms with Gasteiger partial charge in [-0.3, -0.25) is 0 Å².